The summed E-state index contributed by atoms with van der Waals surface area (Å²) in [6, 6.07) is 11.8. The number of methoxy groups -OCH3 is 1. The van der Waals surface area contributed by atoms with E-state index in [1.165, 1.54) is 5.56 Å². The van der Waals surface area contributed by atoms with Crippen LogP contribution in [-0.4, -0.2) is 25.7 Å². The van der Waals surface area contributed by atoms with Crippen molar-refractivity contribution in [1.29, 1.82) is 0 Å². The first-order chi connectivity index (χ1) is 12.1. The SMILES string of the molecule is CCCOc1c(Br)cc(C(=O)N2c3ccccc3CC2C)cc1OC. The lowest BCUT2D eigenvalue weighted by molar-refractivity contribution is 0.0981. The summed E-state index contributed by atoms with van der Waals surface area (Å²) in [5.74, 6) is 1.17. The van der Waals surface area contributed by atoms with Gasteiger partial charge in [0, 0.05) is 17.3 Å². The third-order valence-corrected chi connectivity index (χ3v) is 4.94. The van der Waals surface area contributed by atoms with Gasteiger partial charge in [0.2, 0.25) is 0 Å². The van der Waals surface area contributed by atoms with Gasteiger partial charge in [-0.05, 0) is 59.5 Å². The molecule has 2 aromatic rings. The number of rotatable bonds is 5. The number of fused-ring (bicyclic) bond motifs is 1. The van der Waals surface area contributed by atoms with E-state index < -0.39 is 0 Å². The van der Waals surface area contributed by atoms with Crippen molar-refractivity contribution in [1.82, 2.24) is 0 Å². The summed E-state index contributed by atoms with van der Waals surface area (Å²) in [7, 11) is 1.59. The number of nitrogens with zero attached hydrogens (tertiary/aromatic N) is 1. The molecule has 0 fully saturated rings. The van der Waals surface area contributed by atoms with Gasteiger partial charge in [-0.2, -0.15) is 0 Å². The quantitative estimate of drug-likeness (QED) is 0.716. The van der Waals surface area contributed by atoms with Crippen molar-refractivity contribution in [2.45, 2.75) is 32.7 Å². The highest BCUT2D eigenvalue weighted by molar-refractivity contribution is 9.10. The Hall–Kier alpha value is -2.01. The molecule has 0 aliphatic carbocycles. The van der Waals surface area contributed by atoms with E-state index in [2.05, 4.69) is 28.9 Å². The molecule has 1 heterocycles. The monoisotopic (exact) mass is 403 g/mol. The van der Waals surface area contributed by atoms with Crippen LogP contribution >= 0.6 is 15.9 Å². The fourth-order valence-corrected chi connectivity index (χ4v) is 3.76. The Balaban J connectivity index is 1.96. The smallest absolute Gasteiger partial charge is 0.258 e. The molecule has 1 aliphatic rings. The highest BCUT2D eigenvalue weighted by Gasteiger charge is 2.32. The Morgan fingerprint density at radius 2 is 2.08 bits per heavy atom. The van der Waals surface area contributed by atoms with E-state index in [0.29, 0.717) is 23.7 Å². The fraction of sp³-hybridized carbons (Fsp3) is 0.350. The zero-order valence-corrected chi connectivity index (χ0v) is 16.3. The summed E-state index contributed by atoms with van der Waals surface area (Å²) in [5, 5.41) is 0. The van der Waals surface area contributed by atoms with Crippen molar-refractivity contribution in [2.24, 2.45) is 0 Å². The predicted octanol–water partition coefficient (Wildman–Crippen LogP) is 4.84. The average Bonchev–Trinajstić information content (AvgIpc) is 2.95. The number of hydrogen-bond acceptors (Lipinski definition) is 3. The van der Waals surface area contributed by atoms with Crippen LogP contribution in [0.3, 0.4) is 0 Å². The van der Waals surface area contributed by atoms with E-state index in [9.17, 15) is 4.79 Å². The molecule has 2 aromatic carbocycles. The van der Waals surface area contributed by atoms with Gasteiger partial charge in [0.05, 0.1) is 18.2 Å². The molecule has 1 aliphatic heterocycles. The highest BCUT2D eigenvalue weighted by atomic mass is 79.9. The molecule has 1 unspecified atom stereocenters. The maximum atomic E-state index is 13.2. The van der Waals surface area contributed by atoms with Crippen molar-refractivity contribution >= 4 is 27.5 Å². The van der Waals surface area contributed by atoms with Gasteiger partial charge < -0.3 is 14.4 Å². The minimum Gasteiger partial charge on any atom is -0.493 e. The highest BCUT2D eigenvalue weighted by Crippen LogP contribution is 2.39. The Morgan fingerprint density at radius 3 is 2.80 bits per heavy atom. The number of carbonyl (C=O) groups is 1. The topological polar surface area (TPSA) is 38.8 Å². The van der Waals surface area contributed by atoms with Gasteiger partial charge in [-0.1, -0.05) is 25.1 Å². The number of carbonyl (C=O) groups excluding carboxylic acids is 1. The van der Waals surface area contributed by atoms with Crippen LogP contribution in [0.5, 0.6) is 11.5 Å². The summed E-state index contributed by atoms with van der Waals surface area (Å²) in [6.45, 7) is 4.71. The maximum Gasteiger partial charge on any atom is 0.258 e. The zero-order valence-electron chi connectivity index (χ0n) is 14.7. The summed E-state index contributed by atoms with van der Waals surface area (Å²) < 4.78 is 11.9. The number of anilines is 1. The normalized spacial score (nSPS) is 15.8. The predicted molar refractivity (Wildman–Crippen MR) is 103 cm³/mol. The Bertz CT molecular complexity index is 791. The van der Waals surface area contributed by atoms with Crippen LogP contribution in [-0.2, 0) is 6.42 Å². The van der Waals surface area contributed by atoms with Crippen molar-refractivity contribution in [2.75, 3.05) is 18.6 Å². The Morgan fingerprint density at radius 1 is 1.32 bits per heavy atom. The van der Waals surface area contributed by atoms with Gasteiger partial charge in [-0.3, -0.25) is 4.79 Å². The molecule has 132 valence electrons. The molecule has 1 amide bonds. The van der Waals surface area contributed by atoms with Crippen molar-refractivity contribution in [3.63, 3.8) is 0 Å². The largest absolute Gasteiger partial charge is 0.493 e. The molecule has 1 atom stereocenters. The van der Waals surface area contributed by atoms with Crippen molar-refractivity contribution in [3.8, 4) is 11.5 Å². The van der Waals surface area contributed by atoms with E-state index in [4.69, 9.17) is 9.47 Å². The molecule has 0 saturated heterocycles. The van der Waals surface area contributed by atoms with Crippen LogP contribution in [0, 0.1) is 0 Å². The maximum absolute atomic E-state index is 13.2. The molecule has 0 bridgehead atoms. The number of halogens is 1. The molecule has 3 rings (SSSR count). The van der Waals surface area contributed by atoms with Gasteiger partial charge >= 0.3 is 0 Å². The third kappa shape index (κ3) is 3.38. The van der Waals surface area contributed by atoms with Gasteiger partial charge in [0.25, 0.3) is 5.91 Å². The lowest BCUT2D eigenvalue weighted by atomic mass is 10.1. The minimum absolute atomic E-state index is 0.0292. The van der Waals surface area contributed by atoms with Gasteiger partial charge in [0.1, 0.15) is 0 Å². The molecule has 0 saturated carbocycles. The van der Waals surface area contributed by atoms with E-state index in [-0.39, 0.29) is 11.9 Å². The van der Waals surface area contributed by atoms with E-state index >= 15 is 0 Å². The van der Waals surface area contributed by atoms with Crippen LogP contribution in [0.1, 0.15) is 36.2 Å². The van der Waals surface area contributed by atoms with Gasteiger partial charge in [-0.15, -0.1) is 0 Å². The molecule has 4 nitrogen and oxygen atoms in total. The van der Waals surface area contributed by atoms with Crippen LogP contribution in [0.4, 0.5) is 5.69 Å². The number of para-hydroxylation sites is 1. The van der Waals surface area contributed by atoms with Crippen LogP contribution in [0.25, 0.3) is 0 Å². The molecule has 0 aromatic heterocycles. The molecular formula is C20H22BrNO3. The summed E-state index contributed by atoms with van der Waals surface area (Å²) in [6.07, 6.45) is 1.77. The standard InChI is InChI=1S/C20H22BrNO3/c1-4-9-25-19-16(21)11-15(12-18(19)24-3)20(23)22-13(2)10-14-7-5-6-8-17(14)22/h5-8,11-13H,4,9-10H2,1-3H3. The first kappa shape index (κ1) is 17.8. The van der Waals surface area contributed by atoms with Crippen LogP contribution in [0.15, 0.2) is 40.9 Å². The molecular weight excluding hydrogens is 382 g/mol. The molecule has 25 heavy (non-hydrogen) atoms. The number of ether oxygens (including phenoxy) is 2. The number of benzene rings is 2. The van der Waals surface area contributed by atoms with Gasteiger partial charge in [0.15, 0.2) is 11.5 Å². The average molecular weight is 404 g/mol. The summed E-state index contributed by atoms with van der Waals surface area (Å²) >= 11 is 3.52. The second kappa shape index (κ2) is 7.48. The molecule has 0 N–H and O–H groups in total. The third-order valence-electron chi connectivity index (χ3n) is 4.35. The minimum atomic E-state index is -0.0292. The number of amides is 1. The van der Waals surface area contributed by atoms with E-state index in [1.54, 1.807) is 13.2 Å². The lowest BCUT2D eigenvalue weighted by Gasteiger charge is -2.23. The zero-order chi connectivity index (χ0) is 18.0. The molecule has 0 spiro atoms. The van der Waals surface area contributed by atoms with Gasteiger partial charge in [-0.25, -0.2) is 0 Å². The van der Waals surface area contributed by atoms with E-state index in [0.717, 1.165) is 23.0 Å². The Kier molecular flexibility index (Phi) is 5.33. The van der Waals surface area contributed by atoms with Crippen LogP contribution in [0.2, 0.25) is 0 Å². The molecule has 5 heteroatoms. The van der Waals surface area contributed by atoms with E-state index in [1.807, 2.05) is 36.1 Å². The summed E-state index contributed by atoms with van der Waals surface area (Å²) in [5.41, 5.74) is 2.77. The second-order valence-corrected chi connectivity index (χ2v) is 7.05. The Labute approximate surface area is 156 Å². The second-order valence-electron chi connectivity index (χ2n) is 6.19. The van der Waals surface area contributed by atoms with Crippen molar-refractivity contribution < 1.29 is 14.3 Å². The van der Waals surface area contributed by atoms with Crippen molar-refractivity contribution in [3.05, 3.63) is 52.0 Å². The first-order valence-electron chi connectivity index (χ1n) is 8.48. The first-order valence-corrected chi connectivity index (χ1v) is 9.27. The van der Waals surface area contributed by atoms with Crippen LogP contribution < -0.4 is 14.4 Å². The fourth-order valence-electron chi connectivity index (χ4n) is 3.20. The number of hydrogen-bond donors (Lipinski definition) is 0. The summed E-state index contributed by atoms with van der Waals surface area (Å²) in [4.78, 5) is 15.0. The molecule has 0 radical (unpaired) electrons. The lowest BCUT2D eigenvalue weighted by Crippen LogP contribution is -2.35.